The van der Waals surface area contributed by atoms with Crippen molar-refractivity contribution in [1.82, 2.24) is 19.3 Å². The van der Waals surface area contributed by atoms with Crippen LogP contribution in [0.4, 0.5) is 5.69 Å². The molecular formula is C12H18N6O2. The van der Waals surface area contributed by atoms with E-state index in [9.17, 15) is 10.1 Å². The Morgan fingerprint density at radius 1 is 1.50 bits per heavy atom. The number of imidazole rings is 1. The molecule has 0 bridgehead atoms. The van der Waals surface area contributed by atoms with E-state index in [1.54, 1.807) is 24.0 Å². The third-order valence-electron chi connectivity index (χ3n) is 3.06. The summed E-state index contributed by atoms with van der Waals surface area (Å²) < 4.78 is 3.21. The van der Waals surface area contributed by atoms with E-state index in [2.05, 4.69) is 10.1 Å². The van der Waals surface area contributed by atoms with Crippen molar-refractivity contribution in [1.29, 1.82) is 0 Å². The molecule has 8 heteroatoms. The number of nitrogens with zero attached hydrogens (tertiary/aromatic N) is 5. The van der Waals surface area contributed by atoms with Crippen LogP contribution in [-0.4, -0.2) is 30.8 Å². The topological polar surface area (TPSA) is 105 Å². The molecule has 2 aromatic rings. The fourth-order valence-electron chi connectivity index (χ4n) is 2.20. The van der Waals surface area contributed by atoms with E-state index in [1.807, 2.05) is 13.8 Å². The summed E-state index contributed by atoms with van der Waals surface area (Å²) in [6.07, 6.45) is 3.85. The molecule has 2 heterocycles. The van der Waals surface area contributed by atoms with Crippen LogP contribution in [0, 0.1) is 10.1 Å². The second-order valence-electron chi connectivity index (χ2n) is 4.85. The molecule has 0 unspecified atom stereocenters. The second kappa shape index (κ2) is 5.41. The van der Waals surface area contributed by atoms with E-state index in [0.29, 0.717) is 30.3 Å². The lowest BCUT2D eigenvalue weighted by Gasteiger charge is -2.06. The summed E-state index contributed by atoms with van der Waals surface area (Å²) in [6.45, 7) is 4.20. The van der Waals surface area contributed by atoms with Crippen molar-refractivity contribution in [2.24, 2.45) is 12.8 Å². The van der Waals surface area contributed by atoms with Gasteiger partial charge in [-0.2, -0.15) is 5.10 Å². The van der Waals surface area contributed by atoms with Crippen molar-refractivity contribution in [2.45, 2.75) is 26.2 Å². The largest absolute Gasteiger partial charge is 0.335 e. The molecular weight excluding hydrogens is 260 g/mol. The Balaban J connectivity index is 2.67. The fourth-order valence-corrected chi connectivity index (χ4v) is 2.20. The molecule has 0 aliphatic heterocycles. The predicted octanol–water partition coefficient (Wildman–Crippen LogP) is 1.14. The first-order chi connectivity index (χ1) is 9.47. The van der Waals surface area contributed by atoms with Gasteiger partial charge in [0.1, 0.15) is 11.5 Å². The maximum atomic E-state index is 11.4. The number of hydrogen-bond acceptors (Lipinski definition) is 5. The van der Waals surface area contributed by atoms with Crippen LogP contribution >= 0.6 is 0 Å². The van der Waals surface area contributed by atoms with Gasteiger partial charge < -0.3 is 5.73 Å². The minimum Gasteiger partial charge on any atom is -0.330 e. The van der Waals surface area contributed by atoms with E-state index in [-0.39, 0.29) is 16.5 Å². The summed E-state index contributed by atoms with van der Waals surface area (Å²) in [7, 11) is 1.69. The lowest BCUT2D eigenvalue weighted by atomic mass is 10.1. The number of nitro groups is 1. The summed E-state index contributed by atoms with van der Waals surface area (Å²) in [5, 5.41) is 15.7. The molecule has 8 nitrogen and oxygen atoms in total. The molecule has 20 heavy (non-hydrogen) atoms. The molecule has 0 spiro atoms. The molecule has 0 radical (unpaired) electrons. The summed E-state index contributed by atoms with van der Waals surface area (Å²) in [6, 6.07) is 0. The van der Waals surface area contributed by atoms with Gasteiger partial charge >= 0.3 is 5.69 Å². The smallest absolute Gasteiger partial charge is 0.330 e. The van der Waals surface area contributed by atoms with Crippen LogP contribution in [0.1, 0.15) is 31.3 Å². The highest BCUT2D eigenvalue weighted by molar-refractivity contribution is 5.53. The molecule has 0 aliphatic carbocycles. The molecule has 0 fully saturated rings. The lowest BCUT2D eigenvalue weighted by molar-refractivity contribution is -0.385. The minimum atomic E-state index is -0.385. The van der Waals surface area contributed by atoms with E-state index in [4.69, 9.17) is 5.73 Å². The molecule has 0 saturated carbocycles. The van der Waals surface area contributed by atoms with Crippen molar-refractivity contribution in [3.05, 3.63) is 34.0 Å². The third-order valence-corrected chi connectivity index (χ3v) is 3.06. The lowest BCUT2D eigenvalue weighted by Crippen LogP contribution is -2.12. The standard InChI is InChI=1S/C12H18N6O2/c1-8(2)10-11(18(19)20)12(16(3)15-10)17-7-6-14-9(17)4-5-13/h6-8H,4-5,13H2,1-3H3. The minimum absolute atomic E-state index is 0.0266. The maximum absolute atomic E-state index is 11.4. The first kappa shape index (κ1) is 14.2. The maximum Gasteiger partial charge on any atom is 0.335 e. The normalized spacial score (nSPS) is 11.2. The van der Waals surface area contributed by atoms with Gasteiger partial charge in [-0.05, 0) is 6.54 Å². The van der Waals surface area contributed by atoms with E-state index < -0.39 is 0 Å². The summed E-state index contributed by atoms with van der Waals surface area (Å²) in [5.74, 6) is 1.07. The molecule has 0 aromatic carbocycles. The first-order valence-electron chi connectivity index (χ1n) is 6.41. The zero-order valence-corrected chi connectivity index (χ0v) is 11.8. The van der Waals surface area contributed by atoms with Gasteiger partial charge in [-0.1, -0.05) is 13.8 Å². The van der Waals surface area contributed by atoms with Gasteiger partial charge in [-0.25, -0.2) is 9.67 Å². The zero-order valence-electron chi connectivity index (χ0n) is 11.8. The second-order valence-corrected chi connectivity index (χ2v) is 4.85. The molecule has 108 valence electrons. The van der Waals surface area contributed by atoms with E-state index in [0.717, 1.165) is 0 Å². The average molecular weight is 278 g/mol. The highest BCUT2D eigenvalue weighted by Crippen LogP contribution is 2.32. The molecule has 0 aliphatic rings. The first-order valence-corrected chi connectivity index (χ1v) is 6.41. The van der Waals surface area contributed by atoms with Crippen LogP contribution in [0.5, 0.6) is 0 Å². The quantitative estimate of drug-likeness (QED) is 0.652. The third kappa shape index (κ3) is 2.29. The Morgan fingerprint density at radius 3 is 2.75 bits per heavy atom. The van der Waals surface area contributed by atoms with Gasteiger partial charge in [0.15, 0.2) is 0 Å². The predicted molar refractivity (Wildman–Crippen MR) is 73.8 cm³/mol. The van der Waals surface area contributed by atoms with Crippen LogP contribution in [0.25, 0.3) is 5.82 Å². The Hall–Kier alpha value is -2.22. The van der Waals surface area contributed by atoms with Gasteiger partial charge in [0.05, 0.1) is 4.92 Å². The molecule has 0 saturated heterocycles. The monoisotopic (exact) mass is 278 g/mol. The van der Waals surface area contributed by atoms with Crippen LogP contribution in [0.3, 0.4) is 0 Å². The van der Waals surface area contributed by atoms with Crippen LogP contribution in [-0.2, 0) is 13.5 Å². The summed E-state index contributed by atoms with van der Waals surface area (Å²) in [5.41, 5.74) is 6.05. The Morgan fingerprint density at radius 2 is 2.20 bits per heavy atom. The van der Waals surface area contributed by atoms with Gasteiger partial charge in [0.2, 0.25) is 5.82 Å². The number of hydrogen-bond donors (Lipinski definition) is 1. The summed E-state index contributed by atoms with van der Waals surface area (Å²) in [4.78, 5) is 15.2. The van der Waals surface area contributed by atoms with Crippen LogP contribution < -0.4 is 5.73 Å². The van der Waals surface area contributed by atoms with Gasteiger partial charge in [0.25, 0.3) is 0 Å². The molecule has 0 atom stereocenters. The Kier molecular flexibility index (Phi) is 3.84. The highest BCUT2D eigenvalue weighted by Gasteiger charge is 2.30. The number of aromatic nitrogens is 4. The van der Waals surface area contributed by atoms with Crippen LogP contribution in [0.15, 0.2) is 12.4 Å². The average Bonchev–Trinajstić information content (AvgIpc) is 2.93. The van der Waals surface area contributed by atoms with Crippen molar-refractivity contribution >= 4 is 5.69 Å². The van der Waals surface area contributed by atoms with Crippen molar-refractivity contribution in [3.63, 3.8) is 0 Å². The van der Waals surface area contributed by atoms with Gasteiger partial charge in [0, 0.05) is 31.8 Å². The van der Waals surface area contributed by atoms with E-state index >= 15 is 0 Å². The highest BCUT2D eigenvalue weighted by atomic mass is 16.6. The fraction of sp³-hybridized carbons (Fsp3) is 0.500. The summed E-state index contributed by atoms with van der Waals surface area (Å²) >= 11 is 0. The van der Waals surface area contributed by atoms with Crippen molar-refractivity contribution in [2.75, 3.05) is 6.54 Å². The molecule has 2 aromatic heterocycles. The van der Waals surface area contributed by atoms with Gasteiger partial charge in [-0.3, -0.25) is 14.7 Å². The zero-order chi connectivity index (χ0) is 14.9. The van der Waals surface area contributed by atoms with Gasteiger partial charge in [-0.15, -0.1) is 0 Å². The van der Waals surface area contributed by atoms with E-state index in [1.165, 1.54) is 4.68 Å². The van der Waals surface area contributed by atoms with Crippen molar-refractivity contribution < 1.29 is 4.92 Å². The molecule has 2 N–H and O–H groups in total. The SMILES string of the molecule is CC(C)c1nn(C)c(-n2ccnc2CCN)c1[N+](=O)[O-]. The number of nitrogens with two attached hydrogens (primary N) is 1. The Bertz CT molecular complexity index is 628. The number of rotatable bonds is 5. The van der Waals surface area contributed by atoms with Crippen LogP contribution in [0.2, 0.25) is 0 Å². The Labute approximate surface area is 116 Å². The number of aryl methyl sites for hydroxylation is 1. The van der Waals surface area contributed by atoms with Crippen molar-refractivity contribution in [3.8, 4) is 5.82 Å². The molecule has 0 amide bonds. The molecule has 2 rings (SSSR count).